The molecule has 4 atom stereocenters. The van der Waals surface area contributed by atoms with Crippen LogP contribution in [0.3, 0.4) is 0 Å². The van der Waals surface area contributed by atoms with Crippen molar-refractivity contribution in [1.82, 2.24) is 19.5 Å². The lowest BCUT2D eigenvalue weighted by Gasteiger charge is -2.28. The SMILES string of the molecule is CC(C)(C)OC(=O)N(C(=O)OC(C)(C)C)c1ncnc2c1ccn2[C@@H]1O[C@H](COc2ccc3ccc(NCC4CC4)nc3c2)[C@H]2OC(C)(C)O[C@H]21. The Morgan fingerprint density at radius 3 is 2.33 bits per heavy atom. The molecule has 0 spiro atoms. The number of imide groups is 1. The summed E-state index contributed by atoms with van der Waals surface area (Å²) in [7, 11) is 0. The van der Waals surface area contributed by atoms with Crippen LogP contribution in [0.2, 0.25) is 0 Å². The minimum Gasteiger partial charge on any atom is -0.491 e. The molecule has 2 saturated heterocycles. The third kappa shape index (κ3) is 7.72. The molecule has 2 aliphatic heterocycles. The average Bonchev–Trinajstić information content (AvgIpc) is 3.56. The van der Waals surface area contributed by atoms with Crippen LogP contribution in [0.1, 0.15) is 74.5 Å². The van der Waals surface area contributed by atoms with E-state index in [1.807, 2.05) is 38.1 Å². The number of carbonyl (C=O) groups is 2. The monoisotopic (exact) mass is 702 g/mol. The van der Waals surface area contributed by atoms with E-state index in [1.54, 1.807) is 58.4 Å². The Kier molecular flexibility index (Phi) is 8.83. The van der Waals surface area contributed by atoms with E-state index in [1.165, 1.54) is 19.2 Å². The molecule has 1 aromatic carbocycles. The van der Waals surface area contributed by atoms with Gasteiger partial charge in [0.25, 0.3) is 0 Å². The zero-order chi connectivity index (χ0) is 36.3. The van der Waals surface area contributed by atoms with Crippen molar-refractivity contribution in [2.24, 2.45) is 5.92 Å². The fraction of sp³-hybridized carbons (Fsp3) is 0.541. The molecule has 14 nitrogen and oxygen atoms in total. The molecule has 5 heterocycles. The molecular weight excluding hydrogens is 656 g/mol. The number of carbonyl (C=O) groups excluding carboxylic acids is 2. The van der Waals surface area contributed by atoms with Crippen molar-refractivity contribution in [2.45, 2.75) is 110 Å². The van der Waals surface area contributed by atoms with Crippen molar-refractivity contribution >= 4 is 45.8 Å². The van der Waals surface area contributed by atoms with Gasteiger partial charge in [-0.2, -0.15) is 4.90 Å². The van der Waals surface area contributed by atoms with Gasteiger partial charge in [0.1, 0.15) is 59.7 Å². The summed E-state index contributed by atoms with van der Waals surface area (Å²) in [4.78, 5) is 41.3. The molecule has 272 valence electrons. The molecule has 0 bridgehead atoms. The highest BCUT2D eigenvalue weighted by atomic mass is 16.8. The molecule has 1 N–H and O–H groups in total. The second kappa shape index (κ2) is 12.9. The first-order valence-corrected chi connectivity index (χ1v) is 17.4. The van der Waals surface area contributed by atoms with Crippen LogP contribution in [0.25, 0.3) is 21.9 Å². The number of hydrogen-bond acceptors (Lipinski definition) is 12. The Bertz CT molecular complexity index is 1920. The highest BCUT2D eigenvalue weighted by Gasteiger charge is 2.56. The van der Waals surface area contributed by atoms with Gasteiger partial charge in [0.2, 0.25) is 0 Å². The van der Waals surface area contributed by atoms with Crippen LogP contribution in [-0.2, 0) is 23.7 Å². The van der Waals surface area contributed by atoms with E-state index in [2.05, 4.69) is 21.4 Å². The molecule has 0 unspecified atom stereocenters. The molecule has 7 rings (SSSR count). The number of benzene rings is 1. The van der Waals surface area contributed by atoms with Crippen LogP contribution in [-0.4, -0.2) is 80.2 Å². The molecule has 2 amide bonds. The zero-order valence-electron chi connectivity index (χ0n) is 30.3. The van der Waals surface area contributed by atoms with E-state index < -0.39 is 53.7 Å². The van der Waals surface area contributed by atoms with Gasteiger partial charge in [0, 0.05) is 24.2 Å². The Morgan fingerprint density at radius 1 is 0.961 bits per heavy atom. The largest absolute Gasteiger partial charge is 0.491 e. The highest BCUT2D eigenvalue weighted by molar-refractivity contribution is 6.13. The third-order valence-corrected chi connectivity index (χ3v) is 8.60. The number of rotatable bonds is 8. The van der Waals surface area contributed by atoms with Gasteiger partial charge in [0.05, 0.1) is 10.9 Å². The molecule has 14 heteroatoms. The van der Waals surface area contributed by atoms with Gasteiger partial charge in [-0.1, -0.05) is 0 Å². The number of nitrogens with one attached hydrogen (secondary N) is 1. The van der Waals surface area contributed by atoms with Gasteiger partial charge in [0.15, 0.2) is 17.8 Å². The predicted molar refractivity (Wildman–Crippen MR) is 189 cm³/mol. The second-order valence-corrected chi connectivity index (χ2v) is 15.8. The van der Waals surface area contributed by atoms with Crippen LogP contribution in [0.5, 0.6) is 5.75 Å². The molecule has 3 aromatic heterocycles. The van der Waals surface area contributed by atoms with E-state index in [-0.39, 0.29) is 12.4 Å². The topological polar surface area (TPSA) is 148 Å². The van der Waals surface area contributed by atoms with Gasteiger partial charge in [-0.05, 0) is 104 Å². The van der Waals surface area contributed by atoms with E-state index in [9.17, 15) is 9.59 Å². The van der Waals surface area contributed by atoms with Gasteiger partial charge in [-0.25, -0.2) is 24.5 Å². The maximum Gasteiger partial charge on any atom is 0.425 e. The number of nitrogens with zero attached hydrogens (tertiary/aromatic N) is 5. The number of pyridine rings is 1. The highest BCUT2D eigenvalue weighted by Crippen LogP contribution is 2.44. The molecule has 0 radical (unpaired) electrons. The van der Waals surface area contributed by atoms with E-state index in [0.717, 1.165) is 34.1 Å². The molecule has 3 aliphatic rings. The van der Waals surface area contributed by atoms with E-state index in [4.69, 9.17) is 33.4 Å². The average molecular weight is 703 g/mol. The van der Waals surface area contributed by atoms with E-state index >= 15 is 0 Å². The standard InChI is InChI=1S/C37H46N6O8/c1-35(2,3)50-33(44)43(34(45)51-36(4,5)6)31-24-15-16-42(30(24)39-20-40-31)32-29-28(48-37(7,8)49-29)26(47-32)19-46-23-13-11-22-12-14-27(41-25(22)17-23)38-18-21-9-10-21/h11-17,20-21,26,28-29,32H,9-10,18-19H2,1-8H3,(H,38,41)/t26-,28-,29-,32-/m1/s1. The van der Waals surface area contributed by atoms with E-state index in [0.29, 0.717) is 16.8 Å². The minimum atomic E-state index is -0.928. The van der Waals surface area contributed by atoms with Crippen molar-refractivity contribution in [3.05, 3.63) is 48.9 Å². The molecule has 51 heavy (non-hydrogen) atoms. The van der Waals surface area contributed by atoms with Gasteiger partial charge < -0.3 is 38.3 Å². The lowest BCUT2D eigenvalue weighted by Crippen LogP contribution is -2.44. The molecular formula is C37H46N6O8. The Hall–Kier alpha value is -4.53. The fourth-order valence-electron chi connectivity index (χ4n) is 6.26. The molecule has 1 saturated carbocycles. The first kappa shape index (κ1) is 34.9. The predicted octanol–water partition coefficient (Wildman–Crippen LogP) is 6.97. The Labute approximate surface area is 296 Å². The number of amides is 2. The van der Waals surface area contributed by atoms with Crippen LogP contribution in [0, 0.1) is 5.92 Å². The normalized spacial score (nSPS) is 22.9. The van der Waals surface area contributed by atoms with Crippen molar-refractivity contribution in [3.8, 4) is 5.75 Å². The van der Waals surface area contributed by atoms with Gasteiger partial charge in [-0.15, -0.1) is 0 Å². The van der Waals surface area contributed by atoms with Crippen molar-refractivity contribution < 1.29 is 38.0 Å². The summed E-state index contributed by atoms with van der Waals surface area (Å²) in [6, 6.07) is 11.6. The van der Waals surface area contributed by atoms with Crippen molar-refractivity contribution in [2.75, 3.05) is 23.4 Å². The summed E-state index contributed by atoms with van der Waals surface area (Å²) in [5, 5.41) is 4.86. The number of ether oxygens (including phenoxy) is 6. The summed E-state index contributed by atoms with van der Waals surface area (Å²) < 4.78 is 38.6. The van der Waals surface area contributed by atoms with Crippen LogP contribution in [0.4, 0.5) is 21.2 Å². The lowest BCUT2D eigenvalue weighted by atomic mass is 10.1. The summed E-state index contributed by atoms with van der Waals surface area (Å²) >= 11 is 0. The summed E-state index contributed by atoms with van der Waals surface area (Å²) in [6.45, 7) is 15.1. The number of aromatic nitrogens is 4. The number of hydrogen-bond donors (Lipinski definition) is 1. The third-order valence-electron chi connectivity index (χ3n) is 8.60. The fourth-order valence-corrected chi connectivity index (χ4v) is 6.26. The first-order chi connectivity index (χ1) is 24.0. The lowest BCUT2D eigenvalue weighted by molar-refractivity contribution is -0.198. The maximum absolute atomic E-state index is 13.4. The maximum atomic E-state index is 13.4. The summed E-state index contributed by atoms with van der Waals surface area (Å²) in [5.74, 6) is 1.38. The number of fused-ring (bicyclic) bond motifs is 3. The van der Waals surface area contributed by atoms with Crippen molar-refractivity contribution in [3.63, 3.8) is 0 Å². The van der Waals surface area contributed by atoms with Crippen molar-refractivity contribution in [1.29, 1.82) is 0 Å². The molecule has 3 fully saturated rings. The second-order valence-electron chi connectivity index (χ2n) is 15.8. The Morgan fingerprint density at radius 2 is 1.65 bits per heavy atom. The molecule has 1 aliphatic carbocycles. The van der Waals surface area contributed by atoms with Crippen LogP contribution < -0.4 is 15.0 Å². The zero-order valence-corrected chi connectivity index (χ0v) is 30.3. The number of anilines is 2. The van der Waals surface area contributed by atoms with Gasteiger partial charge in [-0.3, -0.25) is 0 Å². The summed E-state index contributed by atoms with van der Waals surface area (Å²) in [5.41, 5.74) is -0.531. The van der Waals surface area contributed by atoms with Crippen LogP contribution >= 0.6 is 0 Å². The minimum absolute atomic E-state index is 0.0106. The quantitative estimate of drug-likeness (QED) is 0.202. The Balaban J connectivity index is 1.14. The van der Waals surface area contributed by atoms with Crippen LogP contribution in [0.15, 0.2) is 48.9 Å². The molecule has 4 aromatic rings. The summed E-state index contributed by atoms with van der Waals surface area (Å²) in [6.07, 6.45) is 1.56. The van der Waals surface area contributed by atoms with Gasteiger partial charge >= 0.3 is 12.2 Å². The first-order valence-electron chi connectivity index (χ1n) is 17.4. The smallest absolute Gasteiger partial charge is 0.425 e.